The molecule has 169 valence electrons. The van der Waals surface area contributed by atoms with Gasteiger partial charge < -0.3 is 4.74 Å². The average molecular weight is 396 g/mol. The normalized spacial score (nSPS) is 11.4. The van der Waals surface area contributed by atoms with Crippen LogP contribution in [0.3, 0.4) is 0 Å². The molecule has 0 fully saturated rings. The Labute approximate surface area is 179 Å². The molecule has 0 amide bonds. The lowest BCUT2D eigenvalue weighted by Gasteiger charge is -2.04. The van der Waals surface area contributed by atoms with Gasteiger partial charge in [0.2, 0.25) is 0 Å². The van der Waals surface area contributed by atoms with Gasteiger partial charge in [0.15, 0.2) is 0 Å². The maximum atomic E-state index is 5.26. The van der Waals surface area contributed by atoms with Crippen molar-refractivity contribution in [2.45, 2.75) is 162 Å². The van der Waals surface area contributed by atoms with Crippen LogP contribution in [0.1, 0.15) is 162 Å². The quantitative estimate of drug-likeness (QED) is 0.140. The molecule has 0 heterocycles. The summed E-state index contributed by atoms with van der Waals surface area (Å²) < 4.78 is 5.26. The first kappa shape index (κ1) is 28.0. The Bertz CT molecular complexity index is 225. The summed E-state index contributed by atoms with van der Waals surface area (Å²) in [7, 11) is 0. The third kappa shape index (κ3) is 26.0. The van der Waals surface area contributed by atoms with Gasteiger partial charge in [-0.3, -0.25) is 0 Å². The Balaban J connectivity index is 2.96. The van der Waals surface area contributed by atoms with Crippen molar-refractivity contribution in [3.8, 4) is 0 Å². The Morgan fingerprint density at radius 3 is 0.964 bits per heavy atom. The minimum absolute atomic E-state index is 0.819. The first-order valence-corrected chi connectivity index (χ1v) is 13.3. The molecule has 0 saturated heterocycles. The van der Waals surface area contributed by atoms with Crippen molar-refractivity contribution >= 4 is 0 Å². The molecule has 28 heavy (non-hydrogen) atoms. The fourth-order valence-electron chi connectivity index (χ4n) is 4.04. The monoisotopic (exact) mass is 395 g/mol. The van der Waals surface area contributed by atoms with Crippen molar-refractivity contribution in [2.24, 2.45) is 0 Å². The van der Waals surface area contributed by atoms with Gasteiger partial charge in [0, 0.05) is 6.61 Å². The largest absolute Gasteiger partial charge is 0.376 e. The molecule has 0 unspecified atom stereocenters. The molecule has 0 atom stereocenters. The topological polar surface area (TPSA) is 9.23 Å². The third-order valence-electron chi connectivity index (χ3n) is 5.96. The van der Waals surface area contributed by atoms with E-state index in [9.17, 15) is 0 Å². The second-order valence-corrected chi connectivity index (χ2v) is 8.84. The lowest BCUT2D eigenvalue weighted by molar-refractivity contribution is 0.205. The molecular weight excluding hydrogens is 340 g/mol. The minimum Gasteiger partial charge on any atom is -0.376 e. The van der Waals surface area contributed by atoms with Gasteiger partial charge in [0.25, 0.3) is 0 Å². The summed E-state index contributed by atoms with van der Waals surface area (Å²) in [6.07, 6.45) is 33.1. The summed E-state index contributed by atoms with van der Waals surface area (Å²) in [5.74, 6) is 0. The van der Waals surface area contributed by atoms with Crippen LogP contribution in [0.4, 0.5) is 0 Å². The summed E-state index contributed by atoms with van der Waals surface area (Å²) in [5.41, 5.74) is 0. The van der Waals surface area contributed by atoms with Gasteiger partial charge in [-0.2, -0.15) is 0 Å². The van der Waals surface area contributed by atoms with E-state index in [1.54, 1.807) is 0 Å². The molecule has 1 nitrogen and oxygen atoms in total. The summed E-state index contributed by atoms with van der Waals surface area (Å²) in [5, 5.41) is 0. The minimum atomic E-state index is 0.819. The molecule has 0 saturated carbocycles. The van der Waals surface area contributed by atoms with Crippen LogP contribution in [0.5, 0.6) is 0 Å². The fourth-order valence-corrected chi connectivity index (χ4v) is 4.04. The molecular formula is C27H55O. The summed E-state index contributed by atoms with van der Waals surface area (Å²) in [6, 6.07) is 0. The number of rotatable bonds is 25. The SMILES string of the molecule is CCCCCCCCCCCCCCCCCCCCCCCC[CH]OCC. The molecule has 0 aromatic rings. The maximum absolute atomic E-state index is 5.26. The second-order valence-electron chi connectivity index (χ2n) is 8.84. The predicted octanol–water partition coefficient (Wildman–Crippen LogP) is 10.2. The molecule has 0 aromatic carbocycles. The zero-order valence-corrected chi connectivity index (χ0v) is 20.0. The Morgan fingerprint density at radius 2 is 0.679 bits per heavy atom. The summed E-state index contributed by atoms with van der Waals surface area (Å²) in [4.78, 5) is 0. The van der Waals surface area contributed by atoms with E-state index in [2.05, 4.69) is 13.8 Å². The molecule has 0 aliphatic rings. The van der Waals surface area contributed by atoms with Gasteiger partial charge in [0.05, 0.1) is 6.61 Å². The molecule has 0 N–H and O–H groups in total. The van der Waals surface area contributed by atoms with Gasteiger partial charge in [-0.1, -0.05) is 148 Å². The van der Waals surface area contributed by atoms with E-state index in [4.69, 9.17) is 4.74 Å². The highest BCUT2D eigenvalue weighted by atomic mass is 16.5. The molecule has 0 bridgehead atoms. The van der Waals surface area contributed by atoms with Gasteiger partial charge in [0.1, 0.15) is 0 Å². The van der Waals surface area contributed by atoms with E-state index in [0.29, 0.717) is 0 Å². The fraction of sp³-hybridized carbons (Fsp3) is 0.963. The third-order valence-corrected chi connectivity index (χ3v) is 5.96. The van der Waals surface area contributed by atoms with Gasteiger partial charge in [-0.15, -0.1) is 0 Å². The maximum Gasteiger partial charge on any atom is 0.0836 e. The highest BCUT2D eigenvalue weighted by Crippen LogP contribution is 2.15. The summed E-state index contributed by atoms with van der Waals surface area (Å²) >= 11 is 0. The van der Waals surface area contributed by atoms with Crippen molar-refractivity contribution < 1.29 is 4.74 Å². The standard InChI is InChI=1S/C27H55O/c1-3-5-6-7-8-9-10-11-12-13-14-15-16-17-18-19-20-21-22-23-24-25-26-27-28-4-2/h27H,3-26H2,1-2H3. The van der Waals surface area contributed by atoms with Crippen molar-refractivity contribution in [1.29, 1.82) is 0 Å². The van der Waals surface area contributed by atoms with E-state index in [-0.39, 0.29) is 0 Å². The molecule has 1 heteroatoms. The zero-order chi connectivity index (χ0) is 20.4. The van der Waals surface area contributed by atoms with Crippen LogP contribution in [0.25, 0.3) is 0 Å². The summed E-state index contributed by atoms with van der Waals surface area (Å²) in [6.45, 7) is 7.15. The first-order valence-electron chi connectivity index (χ1n) is 13.3. The number of ether oxygens (including phenoxy) is 1. The Kier molecular flexibility index (Phi) is 26.9. The van der Waals surface area contributed by atoms with Crippen LogP contribution in [0.15, 0.2) is 0 Å². The molecule has 1 radical (unpaired) electrons. The average Bonchev–Trinajstić information content (AvgIpc) is 2.71. The van der Waals surface area contributed by atoms with Crippen LogP contribution in [-0.4, -0.2) is 6.61 Å². The number of unbranched alkanes of at least 4 members (excludes halogenated alkanes) is 22. The van der Waals surface area contributed by atoms with Crippen molar-refractivity contribution in [2.75, 3.05) is 6.61 Å². The van der Waals surface area contributed by atoms with Crippen LogP contribution in [0, 0.1) is 6.61 Å². The second kappa shape index (κ2) is 27.0. The van der Waals surface area contributed by atoms with Gasteiger partial charge in [-0.05, 0) is 13.3 Å². The molecule has 0 rings (SSSR count). The van der Waals surface area contributed by atoms with Crippen molar-refractivity contribution in [3.05, 3.63) is 6.61 Å². The number of hydrogen-bond acceptors (Lipinski definition) is 1. The van der Waals surface area contributed by atoms with Crippen molar-refractivity contribution in [1.82, 2.24) is 0 Å². The Hall–Kier alpha value is -0.0400. The van der Waals surface area contributed by atoms with Crippen LogP contribution in [0.2, 0.25) is 0 Å². The van der Waals surface area contributed by atoms with E-state index < -0.39 is 0 Å². The molecule has 0 spiro atoms. The van der Waals surface area contributed by atoms with E-state index in [0.717, 1.165) is 13.0 Å². The van der Waals surface area contributed by atoms with E-state index in [1.807, 2.05) is 6.61 Å². The zero-order valence-electron chi connectivity index (χ0n) is 20.0. The highest BCUT2D eigenvalue weighted by Gasteiger charge is 1.96. The molecule has 0 aliphatic heterocycles. The van der Waals surface area contributed by atoms with Crippen LogP contribution >= 0.6 is 0 Å². The lowest BCUT2D eigenvalue weighted by atomic mass is 10.0. The highest BCUT2D eigenvalue weighted by molar-refractivity contribution is 4.53. The van der Waals surface area contributed by atoms with E-state index in [1.165, 1.54) is 141 Å². The van der Waals surface area contributed by atoms with Crippen LogP contribution < -0.4 is 0 Å². The first-order chi connectivity index (χ1) is 13.9. The predicted molar refractivity (Wildman–Crippen MR) is 128 cm³/mol. The van der Waals surface area contributed by atoms with Crippen LogP contribution in [-0.2, 0) is 4.74 Å². The van der Waals surface area contributed by atoms with Gasteiger partial charge in [-0.25, -0.2) is 0 Å². The van der Waals surface area contributed by atoms with E-state index >= 15 is 0 Å². The number of hydrogen-bond donors (Lipinski definition) is 0. The Morgan fingerprint density at radius 1 is 0.393 bits per heavy atom. The van der Waals surface area contributed by atoms with Gasteiger partial charge >= 0.3 is 0 Å². The lowest BCUT2D eigenvalue weighted by Crippen LogP contribution is -1.87. The van der Waals surface area contributed by atoms with Crippen molar-refractivity contribution in [3.63, 3.8) is 0 Å². The molecule has 0 aromatic heterocycles. The molecule has 0 aliphatic carbocycles. The smallest absolute Gasteiger partial charge is 0.0836 e.